The third-order valence-electron chi connectivity index (χ3n) is 3.60. The number of hydrogen-bond acceptors (Lipinski definition) is 4. The standard InChI is InChI=1S/C16H17N3O2S/c1-11-14(15(21)18(2)8-9-20)22-16-17-13(10-19(11)16)12-6-4-3-5-7-12/h3-7,10,20H,8-9H2,1-2H3. The van der Waals surface area contributed by atoms with Crippen molar-refractivity contribution in [2.45, 2.75) is 6.92 Å². The second-order valence-electron chi connectivity index (χ2n) is 5.11. The molecule has 5 nitrogen and oxygen atoms in total. The fourth-order valence-corrected chi connectivity index (χ4v) is 3.43. The Hall–Kier alpha value is -2.18. The maximum atomic E-state index is 12.4. The van der Waals surface area contributed by atoms with Crippen molar-refractivity contribution < 1.29 is 9.90 Å². The van der Waals surface area contributed by atoms with Gasteiger partial charge in [0.1, 0.15) is 4.88 Å². The molecule has 0 aliphatic heterocycles. The first-order valence-corrected chi connectivity index (χ1v) is 7.83. The van der Waals surface area contributed by atoms with Crippen LogP contribution in [0.4, 0.5) is 0 Å². The van der Waals surface area contributed by atoms with Crippen molar-refractivity contribution in [1.29, 1.82) is 0 Å². The third kappa shape index (κ3) is 2.51. The minimum Gasteiger partial charge on any atom is -0.395 e. The summed E-state index contributed by atoms with van der Waals surface area (Å²) in [5, 5.41) is 8.96. The van der Waals surface area contributed by atoms with Crippen molar-refractivity contribution >= 4 is 22.2 Å². The number of carbonyl (C=O) groups excluding carboxylic acids is 1. The number of aryl methyl sites for hydroxylation is 1. The molecule has 0 bridgehead atoms. The SMILES string of the molecule is Cc1c(C(=O)N(C)CCO)sc2nc(-c3ccccc3)cn12. The molecule has 0 aliphatic rings. The largest absolute Gasteiger partial charge is 0.395 e. The number of thiazole rings is 1. The van der Waals surface area contributed by atoms with Crippen molar-refractivity contribution in [3.8, 4) is 11.3 Å². The second kappa shape index (κ2) is 5.90. The van der Waals surface area contributed by atoms with Gasteiger partial charge in [0, 0.05) is 31.0 Å². The van der Waals surface area contributed by atoms with Crippen LogP contribution in [-0.4, -0.2) is 45.5 Å². The molecule has 0 fully saturated rings. The van der Waals surface area contributed by atoms with Gasteiger partial charge in [-0.1, -0.05) is 41.7 Å². The third-order valence-corrected chi connectivity index (χ3v) is 4.75. The maximum Gasteiger partial charge on any atom is 0.265 e. The molecule has 1 amide bonds. The number of aliphatic hydroxyl groups is 1. The van der Waals surface area contributed by atoms with Gasteiger partial charge in [0.25, 0.3) is 5.91 Å². The van der Waals surface area contributed by atoms with Crippen LogP contribution in [-0.2, 0) is 0 Å². The Bertz CT molecular complexity index is 808. The first-order chi connectivity index (χ1) is 10.6. The zero-order chi connectivity index (χ0) is 15.7. The lowest BCUT2D eigenvalue weighted by molar-refractivity contribution is 0.0770. The van der Waals surface area contributed by atoms with Gasteiger partial charge in [0.05, 0.1) is 12.3 Å². The molecule has 1 N–H and O–H groups in total. The minimum atomic E-state index is -0.0803. The van der Waals surface area contributed by atoms with Crippen molar-refractivity contribution in [2.75, 3.05) is 20.2 Å². The molecule has 22 heavy (non-hydrogen) atoms. The quantitative estimate of drug-likeness (QED) is 0.804. The molecule has 0 atom stereocenters. The second-order valence-corrected chi connectivity index (χ2v) is 6.09. The van der Waals surface area contributed by atoms with Crippen molar-refractivity contribution in [1.82, 2.24) is 14.3 Å². The summed E-state index contributed by atoms with van der Waals surface area (Å²) in [4.78, 5) is 20.0. The van der Waals surface area contributed by atoms with E-state index < -0.39 is 0 Å². The van der Waals surface area contributed by atoms with E-state index >= 15 is 0 Å². The summed E-state index contributed by atoms with van der Waals surface area (Å²) < 4.78 is 1.95. The molecule has 0 saturated carbocycles. The highest BCUT2D eigenvalue weighted by atomic mass is 32.1. The van der Waals surface area contributed by atoms with Crippen LogP contribution in [0.2, 0.25) is 0 Å². The van der Waals surface area contributed by atoms with Crippen LogP contribution < -0.4 is 0 Å². The van der Waals surface area contributed by atoms with Gasteiger partial charge in [-0.15, -0.1) is 0 Å². The van der Waals surface area contributed by atoms with Gasteiger partial charge >= 0.3 is 0 Å². The molecular formula is C16H17N3O2S. The lowest BCUT2D eigenvalue weighted by Crippen LogP contribution is -2.29. The van der Waals surface area contributed by atoms with E-state index in [0.29, 0.717) is 11.4 Å². The van der Waals surface area contributed by atoms with Crippen molar-refractivity contribution in [2.24, 2.45) is 0 Å². The van der Waals surface area contributed by atoms with Gasteiger partial charge in [-0.2, -0.15) is 0 Å². The first-order valence-electron chi connectivity index (χ1n) is 7.02. The van der Waals surface area contributed by atoms with Crippen LogP contribution >= 0.6 is 11.3 Å². The normalized spacial score (nSPS) is 11.0. The van der Waals surface area contributed by atoms with Gasteiger partial charge in [-0.05, 0) is 6.92 Å². The van der Waals surface area contributed by atoms with Crippen molar-refractivity contribution in [3.05, 3.63) is 47.1 Å². The molecule has 0 aliphatic carbocycles. The van der Waals surface area contributed by atoms with Crippen LogP contribution in [0.25, 0.3) is 16.2 Å². The Morgan fingerprint density at radius 1 is 1.36 bits per heavy atom. The molecule has 0 radical (unpaired) electrons. The van der Waals surface area contributed by atoms with Crippen LogP contribution in [0.1, 0.15) is 15.4 Å². The molecule has 3 aromatic rings. The molecule has 1 aromatic carbocycles. The summed E-state index contributed by atoms with van der Waals surface area (Å²) in [5.74, 6) is -0.0803. The lowest BCUT2D eigenvalue weighted by Gasteiger charge is -2.14. The minimum absolute atomic E-state index is 0.0397. The number of hydrogen-bond donors (Lipinski definition) is 1. The predicted octanol–water partition coefficient (Wildman–Crippen LogP) is 2.44. The molecule has 6 heteroatoms. The molecule has 114 valence electrons. The number of rotatable bonds is 4. The number of likely N-dealkylation sites (N-methyl/N-ethyl adjacent to an activating group) is 1. The Morgan fingerprint density at radius 3 is 2.73 bits per heavy atom. The zero-order valence-corrected chi connectivity index (χ0v) is 13.3. The highest BCUT2D eigenvalue weighted by Gasteiger charge is 2.20. The van der Waals surface area contributed by atoms with Gasteiger partial charge in [-0.3, -0.25) is 9.20 Å². The fourth-order valence-electron chi connectivity index (χ4n) is 2.32. The van der Waals surface area contributed by atoms with E-state index in [4.69, 9.17) is 5.11 Å². The smallest absolute Gasteiger partial charge is 0.265 e. The van der Waals surface area contributed by atoms with Gasteiger partial charge in [0.2, 0.25) is 0 Å². The Kier molecular flexibility index (Phi) is 3.96. The van der Waals surface area contributed by atoms with E-state index in [-0.39, 0.29) is 12.5 Å². The van der Waals surface area contributed by atoms with E-state index in [2.05, 4.69) is 4.98 Å². The average Bonchev–Trinajstić information content (AvgIpc) is 3.08. The van der Waals surface area contributed by atoms with Crippen LogP contribution in [0.3, 0.4) is 0 Å². The lowest BCUT2D eigenvalue weighted by atomic mass is 10.2. The van der Waals surface area contributed by atoms with E-state index in [9.17, 15) is 4.79 Å². The number of amides is 1. The summed E-state index contributed by atoms with van der Waals surface area (Å²) in [6.07, 6.45) is 1.96. The molecule has 0 spiro atoms. The van der Waals surface area contributed by atoms with E-state index in [1.165, 1.54) is 16.2 Å². The van der Waals surface area contributed by atoms with Crippen molar-refractivity contribution in [3.63, 3.8) is 0 Å². The van der Waals surface area contributed by atoms with E-state index in [1.807, 2.05) is 47.9 Å². The first kappa shape index (κ1) is 14.7. The summed E-state index contributed by atoms with van der Waals surface area (Å²) >= 11 is 1.38. The van der Waals surface area contributed by atoms with E-state index in [1.54, 1.807) is 7.05 Å². The summed E-state index contributed by atoms with van der Waals surface area (Å²) in [6, 6.07) is 9.97. The number of imidazole rings is 1. The molecule has 0 unspecified atom stereocenters. The summed E-state index contributed by atoms with van der Waals surface area (Å²) in [6.45, 7) is 2.20. The fraction of sp³-hybridized carbons (Fsp3) is 0.250. The molecule has 2 aromatic heterocycles. The maximum absolute atomic E-state index is 12.4. The van der Waals surface area contributed by atoms with Gasteiger partial charge in [-0.25, -0.2) is 4.98 Å². The number of carbonyl (C=O) groups is 1. The van der Waals surface area contributed by atoms with Gasteiger partial charge < -0.3 is 10.0 Å². The van der Waals surface area contributed by atoms with Crippen LogP contribution in [0, 0.1) is 6.92 Å². The monoisotopic (exact) mass is 315 g/mol. The zero-order valence-electron chi connectivity index (χ0n) is 12.5. The topological polar surface area (TPSA) is 57.8 Å². The Morgan fingerprint density at radius 2 is 2.09 bits per heavy atom. The Balaban J connectivity index is 1.98. The van der Waals surface area contributed by atoms with Gasteiger partial charge in [0.15, 0.2) is 4.96 Å². The predicted molar refractivity (Wildman–Crippen MR) is 87.3 cm³/mol. The molecule has 3 rings (SSSR count). The number of fused-ring (bicyclic) bond motifs is 1. The number of aliphatic hydroxyl groups excluding tert-OH is 1. The number of benzene rings is 1. The van der Waals surface area contributed by atoms with Crippen LogP contribution in [0.15, 0.2) is 36.5 Å². The summed E-state index contributed by atoms with van der Waals surface area (Å²) in [5.41, 5.74) is 2.84. The highest BCUT2D eigenvalue weighted by molar-refractivity contribution is 7.19. The summed E-state index contributed by atoms with van der Waals surface area (Å²) in [7, 11) is 1.69. The number of nitrogens with zero attached hydrogens (tertiary/aromatic N) is 3. The molecule has 2 heterocycles. The van der Waals surface area contributed by atoms with E-state index in [0.717, 1.165) is 21.9 Å². The highest BCUT2D eigenvalue weighted by Crippen LogP contribution is 2.27. The van der Waals surface area contributed by atoms with Crippen LogP contribution in [0.5, 0.6) is 0 Å². The molecular weight excluding hydrogens is 298 g/mol. The average molecular weight is 315 g/mol. The number of aromatic nitrogens is 2. The Labute approximate surface area is 132 Å². The molecule has 0 saturated heterocycles.